The summed E-state index contributed by atoms with van der Waals surface area (Å²) in [6, 6.07) is 15.2. The first kappa shape index (κ1) is 14.4. The lowest BCUT2D eigenvalue weighted by molar-refractivity contribution is 0.0696. The molecule has 2 aromatic rings. The lowest BCUT2D eigenvalue weighted by atomic mass is 10.1. The second kappa shape index (κ2) is 6.96. The molecule has 0 bridgehead atoms. The fraction of sp³-hybridized carbons (Fsp3) is 0.118. The summed E-state index contributed by atoms with van der Waals surface area (Å²) in [6.07, 6.45) is 3.79. The van der Waals surface area contributed by atoms with Gasteiger partial charge in [0, 0.05) is 4.90 Å². The third kappa shape index (κ3) is 3.75. The van der Waals surface area contributed by atoms with Gasteiger partial charge >= 0.3 is 5.97 Å². The van der Waals surface area contributed by atoms with Gasteiger partial charge in [-0.15, -0.1) is 11.8 Å². The fourth-order valence-electron chi connectivity index (χ4n) is 1.90. The molecule has 0 fully saturated rings. The number of aromatic carboxylic acids is 1. The molecule has 0 spiro atoms. The molecule has 20 heavy (non-hydrogen) atoms. The Morgan fingerprint density at radius 2 is 1.95 bits per heavy atom. The summed E-state index contributed by atoms with van der Waals surface area (Å²) >= 11 is 1.79. The zero-order valence-electron chi connectivity index (χ0n) is 11.2. The van der Waals surface area contributed by atoms with Crippen LogP contribution in [0.4, 0.5) is 0 Å². The molecule has 0 saturated carbocycles. The third-order valence-electron chi connectivity index (χ3n) is 2.82. The second-order valence-corrected chi connectivity index (χ2v) is 5.57. The zero-order chi connectivity index (χ0) is 14.4. The minimum Gasteiger partial charge on any atom is -0.478 e. The highest BCUT2D eigenvalue weighted by Crippen LogP contribution is 2.20. The molecule has 0 aliphatic rings. The number of thioether (sulfide) groups is 1. The predicted octanol–water partition coefficient (Wildman–Crippen LogP) is 4.67. The molecule has 0 heterocycles. The monoisotopic (exact) mass is 284 g/mol. The summed E-state index contributed by atoms with van der Waals surface area (Å²) in [7, 11) is 0. The summed E-state index contributed by atoms with van der Waals surface area (Å²) in [5.74, 6) is 0.134. The van der Waals surface area contributed by atoms with Crippen LogP contribution in [0.5, 0.6) is 0 Å². The minimum absolute atomic E-state index is 0.322. The van der Waals surface area contributed by atoms with Crippen LogP contribution in [-0.2, 0) is 0 Å². The highest BCUT2D eigenvalue weighted by molar-refractivity contribution is 7.99. The molecular formula is C17H16O2S. The van der Waals surface area contributed by atoms with Gasteiger partial charge in [-0.2, -0.15) is 0 Å². The van der Waals surface area contributed by atoms with Crippen molar-refractivity contribution in [3.05, 3.63) is 65.2 Å². The predicted molar refractivity (Wildman–Crippen MR) is 85.2 cm³/mol. The fourth-order valence-corrected chi connectivity index (χ4v) is 2.63. The average Bonchev–Trinajstić information content (AvgIpc) is 2.46. The molecule has 0 atom stereocenters. The second-order valence-electron chi connectivity index (χ2n) is 4.23. The number of hydrogen-bond donors (Lipinski definition) is 1. The number of hydrogen-bond acceptors (Lipinski definition) is 2. The molecule has 2 rings (SSSR count). The molecule has 0 unspecified atom stereocenters. The lowest BCUT2D eigenvalue weighted by Gasteiger charge is -2.02. The number of carboxylic acid groups (broad SMARTS) is 1. The molecule has 0 amide bonds. The smallest absolute Gasteiger partial charge is 0.336 e. The van der Waals surface area contributed by atoms with E-state index in [4.69, 9.17) is 5.11 Å². The topological polar surface area (TPSA) is 37.3 Å². The van der Waals surface area contributed by atoms with Crippen LogP contribution in [0.1, 0.15) is 28.4 Å². The highest BCUT2D eigenvalue weighted by Gasteiger charge is 2.05. The van der Waals surface area contributed by atoms with E-state index in [1.54, 1.807) is 23.9 Å². The maximum atomic E-state index is 11.1. The summed E-state index contributed by atoms with van der Waals surface area (Å²) in [5.41, 5.74) is 2.11. The van der Waals surface area contributed by atoms with Gasteiger partial charge in [-0.1, -0.05) is 49.4 Å². The van der Waals surface area contributed by atoms with E-state index in [1.165, 1.54) is 4.90 Å². The SMILES string of the molecule is CCSc1cccc(C=Cc2ccccc2C(=O)O)c1. The first-order chi connectivity index (χ1) is 9.70. The number of carboxylic acids is 1. The van der Waals surface area contributed by atoms with Crippen LogP contribution in [0.3, 0.4) is 0 Å². The van der Waals surface area contributed by atoms with E-state index in [0.717, 1.165) is 11.3 Å². The van der Waals surface area contributed by atoms with Gasteiger partial charge in [-0.3, -0.25) is 0 Å². The molecule has 3 heteroatoms. The maximum Gasteiger partial charge on any atom is 0.336 e. The van der Waals surface area contributed by atoms with Crippen molar-refractivity contribution in [3.63, 3.8) is 0 Å². The Bertz CT molecular complexity index is 632. The maximum absolute atomic E-state index is 11.1. The molecule has 0 aromatic heterocycles. The van der Waals surface area contributed by atoms with Crippen LogP contribution in [0.25, 0.3) is 12.2 Å². The van der Waals surface area contributed by atoms with E-state index >= 15 is 0 Å². The molecule has 1 N–H and O–H groups in total. The lowest BCUT2D eigenvalue weighted by Crippen LogP contribution is -1.98. The van der Waals surface area contributed by atoms with E-state index in [1.807, 2.05) is 36.4 Å². The van der Waals surface area contributed by atoms with Gasteiger partial charge in [0.1, 0.15) is 0 Å². The van der Waals surface area contributed by atoms with Crippen molar-refractivity contribution in [2.24, 2.45) is 0 Å². The molecule has 2 nitrogen and oxygen atoms in total. The quantitative estimate of drug-likeness (QED) is 0.640. The first-order valence-electron chi connectivity index (χ1n) is 6.44. The summed E-state index contributed by atoms with van der Waals surface area (Å²) in [5, 5.41) is 9.14. The molecule has 102 valence electrons. The zero-order valence-corrected chi connectivity index (χ0v) is 12.1. The number of carbonyl (C=O) groups is 1. The summed E-state index contributed by atoms with van der Waals surface area (Å²) in [4.78, 5) is 12.4. The van der Waals surface area contributed by atoms with Gasteiger partial charge in [-0.25, -0.2) is 4.79 Å². The largest absolute Gasteiger partial charge is 0.478 e. The van der Waals surface area contributed by atoms with E-state index < -0.39 is 5.97 Å². The van der Waals surface area contributed by atoms with Gasteiger partial charge in [0.25, 0.3) is 0 Å². The van der Waals surface area contributed by atoms with Gasteiger partial charge in [0.2, 0.25) is 0 Å². The number of benzene rings is 2. The summed E-state index contributed by atoms with van der Waals surface area (Å²) in [6.45, 7) is 2.12. The van der Waals surface area contributed by atoms with E-state index in [-0.39, 0.29) is 0 Å². The van der Waals surface area contributed by atoms with Gasteiger partial charge < -0.3 is 5.11 Å². The Morgan fingerprint density at radius 3 is 2.70 bits per heavy atom. The molecule has 0 aliphatic carbocycles. The van der Waals surface area contributed by atoms with Crippen molar-refractivity contribution in [2.45, 2.75) is 11.8 Å². The van der Waals surface area contributed by atoms with E-state index in [9.17, 15) is 4.79 Å². The van der Waals surface area contributed by atoms with Crippen LogP contribution in [0.2, 0.25) is 0 Å². The highest BCUT2D eigenvalue weighted by atomic mass is 32.2. The molecule has 0 radical (unpaired) electrons. The minimum atomic E-state index is -0.902. The Hall–Kier alpha value is -2.00. The van der Waals surface area contributed by atoms with E-state index in [0.29, 0.717) is 11.1 Å². The van der Waals surface area contributed by atoms with Crippen LogP contribution < -0.4 is 0 Å². The molecule has 2 aromatic carbocycles. The third-order valence-corrected chi connectivity index (χ3v) is 3.69. The molecule has 0 aliphatic heterocycles. The van der Waals surface area contributed by atoms with Crippen molar-refractivity contribution in [2.75, 3.05) is 5.75 Å². The van der Waals surface area contributed by atoms with Crippen LogP contribution in [0, 0.1) is 0 Å². The van der Waals surface area contributed by atoms with Crippen LogP contribution >= 0.6 is 11.8 Å². The standard InChI is InChI=1S/C17H16O2S/c1-2-20-15-8-5-6-13(12-15)10-11-14-7-3-4-9-16(14)17(18)19/h3-12H,2H2,1H3,(H,18,19). The van der Waals surface area contributed by atoms with Crippen molar-refractivity contribution in [3.8, 4) is 0 Å². The Kier molecular flexibility index (Phi) is 5.02. The van der Waals surface area contributed by atoms with Crippen molar-refractivity contribution in [1.82, 2.24) is 0 Å². The Labute approximate surface area is 123 Å². The normalized spacial score (nSPS) is 10.8. The van der Waals surface area contributed by atoms with Crippen molar-refractivity contribution < 1.29 is 9.90 Å². The molecule has 0 saturated heterocycles. The first-order valence-corrected chi connectivity index (χ1v) is 7.42. The molecular weight excluding hydrogens is 268 g/mol. The Morgan fingerprint density at radius 1 is 1.15 bits per heavy atom. The van der Waals surface area contributed by atoms with E-state index in [2.05, 4.69) is 19.1 Å². The Balaban J connectivity index is 2.25. The van der Waals surface area contributed by atoms with Gasteiger partial charge in [-0.05, 0) is 35.1 Å². The van der Waals surface area contributed by atoms with Gasteiger partial charge in [0.05, 0.1) is 5.56 Å². The van der Waals surface area contributed by atoms with Crippen LogP contribution in [-0.4, -0.2) is 16.8 Å². The van der Waals surface area contributed by atoms with Crippen molar-refractivity contribution >= 4 is 29.9 Å². The van der Waals surface area contributed by atoms with Crippen molar-refractivity contribution in [1.29, 1.82) is 0 Å². The van der Waals surface area contributed by atoms with Crippen LogP contribution in [0.15, 0.2) is 53.4 Å². The van der Waals surface area contributed by atoms with Gasteiger partial charge in [0.15, 0.2) is 0 Å². The number of rotatable bonds is 5. The summed E-state index contributed by atoms with van der Waals surface area (Å²) < 4.78 is 0. The average molecular weight is 284 g/mol.